The maximum Gasteiger partial charge on any atom is 0.347 e. The molecule has 2 heterocycles. The Hall–Kier alpha value is -2.06. The molecule has 1 N–H and O–H groups in total. The topological polar surface area (TPSA) is 94.4 Å². The number of methoxy groups -OCH3 is 2. The van der Waals surface area contributed by atoms with Gasteiger partial charge in [-0.25, -0.2) is 19.7 Å². The van der Waals surface area contributed by atoms with Crippen LogP contribution in [-0.2, 0) is 11.3 Å². The molecule has 0 aliphatic carbocycles. The van der Waals surface area contributed by atoms with Gasteiger partial charge < -0.3 is 14.6 Å². The molecule has 19 heavy (non-hydrogen) atoms. The van der Waals surface area contributed by atoms with Crippen LogP contribution in [0.15, 0.2) is 12.4 Å². The number of aromatic nitrogens is 3. The van der Waals surface area contributed by atoms with Crippen LogP contribution in [0.5, 0.6) is 5.88 Å². The van der Waals surface area contributed by atoms with Crippen molar-refractivity contribution in [3.63, 3.8) is 0 Å². The minimum atomic E-state index is -1.03. The van der Waals surface area contributed by atoms with Crippen molar-refractivity contribution in [2.45, 2.75) is 6.61 Å². The first-order chi connectivity index (χ1) is 9.15. The van der Waals surface area contributed by atoms with Crippen molar-refractivity contribution < 1.29 is 19.4 Å². The van der Waals surface area contributed by atoms with Gasteiger partial charge in [-0.2, -0.15) is 0 Å². The summed E-state index contributed by atoms with van der Waals surface area (Å²) in [5.74, 6) is -0.637. The molecule has 0 unspecified atom stereocenters. The Labute approximate surface area is 112 Å². The highest BCUT2D eigenvalue weighted by Crippen LogP contribution is 2.28. The molecule has 0 aliphatic heterocycles. The number of aromatic carboxylic acids is 1. The second-order valence-electron chi connectivity index (χ2n) is 3.48. The number of hydrogen-bond acceptors (Lipinski definition) is 7. The molecular weight excluding hydrogens is 270 g/mol. The average Bonchev–Trinajstić information content (AvgIpc) is 2.83. The summed E-state index contributed by atoms with van der Waals surface area (Å²) >= 11 is 1.04. The number of carbonyl (C=O) groups is 1. The standard InChI is InChI=1S/C11H11N3O4S/c1-17-4-7-9(11(15)16)19-10(14-7)6-3-8(18-2)13-5-12-6/h3,5H,4H2,1-2H3,(H,15,16). The summed E-state index contributed by atoms with van der Waals surface area (Å²) in [4.78, 5) is 23.4. The molecule has 0 spiro atoms. The second-order valence-corrected chi connectivity index (χ2v) is 4.48. The quantitative estimate of drug-likeness (QED) is 0.886. The molecule has 7 nitrogen and oxygen atoms in total. The smallest absolute Gasteiger partial charge is 0.347 e. The van der Waals surface area contributed by atoms with Gasteiger partial charge in [-0.1, -0.05) is 0 Å². The summed E-state index contributed by atoms with van der Waals surface area (Å²) < 4.78 is 9.93. The summed E-state index contributed by atoms with van der Waals surface area (Å²) in [5.41, 5.74) is 0.897. The van der Waals surface area contributed by atoms with Gasteiger partial charge in [0.25, 0.3) is 0 Å². The lowest BCUT2D eigenvalue weighted by Crippen LogP contribution is -1.99. The van der Waals surface area contributed by atoms with Crippen LogP contribution in [0, 0.1) is 0 Å². The molecule has 0 aliphatic rings. The first-order valence-corrected chi connectivity index (χ1v) is 6.05. The van der Waals surface area contributed by atoms with Crippen LogP contribution in [-0.4, -0.2) is 40.2 Å². The van der Waals surface area contributed by atoms with Gasteiger partial charge in [0, 0.05) is 13.2 Å². The van der Waals surface area contributed by atoms with Gasteiger partial charge >= 0.3 is 5.97 Å². The maximum atomic E-state index is 11.1. The summed E-state index contributed by atoms with van der Waals surface area (Å²) in [7, 11) is 2.98. The van der Waals surface area contributed by atoms with Crippen LogP contribution < -0.4 is 4.74 Å². The zero-order valence-electron chi connectivity index (χ0n) is 10.3. The molecule has 0 bridgehead atoms. The number of thiazole rings is 1. The van der Waals surface area contributed by atoms with E-state index < -0.39 is 5.97 Å². The van der Waals surface area contributed by atoms with E-state index in [-0.39, 0.29) is 11.5 Å². The van der Waals surface area contributed by atoms with E-state index in [9.17, 15) is 4.79 Å². The third-order valence-electron chi connectivity index (χ3n) is 2.24. The number of carboxylic acids is 1. The molecule has 2 aromatic rings. The Bertz CT molecular complexity index is 599. The summed E-state index contributed by atoms with van der Waals surface area (Å²) in [5, 5.41) is 9.60. The van der Waals surface area contributed by atoms with E-state index in [1.807, 2.05) is 0 Å². The zero-order chi connectivity index (χ0) is 13.8. The molecule has 0 aromatic carbocycles. The van der Waals surface area contributed by atoms with E-state index in [1.54, 1.807) is 6.07 Å². The third kappa shape index (κ3) is 2.85. The SMILES string of the molecule is COCc1nc(-c2cc(OC)ncn2)sc1C(=O)O. The molecule has 0 saturated carbocycles. The Morgan fingerprint density at radius 2 is 2.21 bits per heavy atom. The monoisotopic (exact) mass is 281 g/mol. The molecule has 8 heteroatoms. The van der Waals surface area contributed by atoms with Gasteiger partial charge in [0.2, 0.25) is 5.88 Å². The fourth-order valence-corrected chi connectivity index (χ4v) is 2.31. The number of nitrogens with zero attached hydrogens (tertiary/aromatic N) is 3. The highest BCUT2D eigenvalue weighted by Gasteiger charge is 2.19. The van der Waals surface area contributed by atoms with E-state index in [1.165, 1.54) is 20.5 Å². The minimum Gasteiger partial charge on any atom is -0.481 e. The highest BCUT2D eigenvalue weighted by molar-refractivity contribution is 7.17. The van der Waals surface area contributed by atoms with Crippen molar-refractivity contribution in [2.75, 3.05) is 14.2 Å². The molecule has 0 radical (unpaired) electrons. The van der Waals surface area contributed by atoms with Crippen LogP contribution in [0.4, 0.5) is 0 Å². The summed E-state index contributed by atoms with van der Waals surface area (Å²) in [6.07, 6.45) is 1.34. The first kappa shape index (κ1) is 13.4. The normalized spacial score (nSPS) is 10.4. The van der Waals surface area contributed by atoms with Crippen LogP contribution in [0.1, 0.15) is 15.4 Å². The van der Waals surface area contributed by atoms with Crippen molar-refractivity contribution >= 4 is 17.3 Å². The van der Waals surface area contributed by atoms with Crippen molar-refractivity contribution in [1.29, 1.82) is 0 Å². The lowest BCUT2D eigenvalue weighted by atomic mass is 10.3. The zero-order valence-corrected chi connectivity index (χ0v) is 11.1. The van der Waals surface area contributed by atoms with Crippen LogP contribution >= 0.6 is 11.3 Å². The molecule has 100 valence electrons. The Morgan fingerprint density at radius 1 is 1.42 bits per heavy atom. The van der Waals surface area contributed by atoms with Gasteiger partial charge in [0.05, 0.1) is 19.4 Å². The predicted octanol–water partition coefficient (Wildman–Crippen LogP) is 1.45. The van der Waals surface area contributed by atoms with Gasteiger partial charge in [-0.15, -0.1) is 11.3 Å². The lowest BCUT2D eigenvalue weighted by Gasteiger charge is -1.99. The van der Waals surface area contributed by atoms with E-state index in [0.717, 1.165) is 11.3 Å². The van der Waals surface area contributed by atoms with Crippen molar-refractivity contribution in [2.24, 2.45) is 0 Å². The minimum absolute atomic E-state index is 0.139. The molecule has 0 saturated heterocycles. The van der Waals surface area contributed by atoms with Gasteiger partial charge in [-0.05, 0) is 0 Å². The van der Waals surface area contributed by atoms with Crippen LogP contribution in [0.3, 0.4) is 0 Å². The van der Waals surface area contributed by atoms with E-state index in [0.29, 0.717) is 22.3 Å². The average molecular weight is 281 g/mol. The van der Waals surface area contributed by atoms with Crippen LogP contribution in [0.25, 0.3) is 10.7 Å². The first-order valence-electron chi connectivity index (χ1n) is 5.24. The van der Waals surface area contributed by atoms with Crippen LogP contribution in [0.2, 0.25) is 0 Å². The number of hydrogen-bond donors (Lipinski definition) is 1. The molecular formula is C11H11N3O4S. The summed E-state index contributed by atoms with van der Waals surface area (Å²) in [6.45, 7) is 0.139. The fraction of sp³-hybridized carbons (Fsp3) is 0.273. The number of rotatable bonds is 5. The molecule has 0 atom stereocenters. The molecule has 2 rings (SSSR count). The van der Waals surface area contributed by atoms with Crippen molar-refractivity contribution in [3.05, 3.63) is 23.0 Å². The van der Waals surface area contributed by atoms with Crippen molar-refractivity contribution in [3.8, 4) is 16.6 Å². The van der Waals surface area contributed by atoms with Gasteiger partial charge in [0.1, 0.15) is 21.9 Å². The predicted molar refractivity (Wildman–Crippen MR) is 67.4 cm³/mol. The van der Waals surface area contributed by atoms with Gasteiger partial charge in [-0.3, -0.25) is 0 Å². The largest absolute Gasteiger partial charge is 0.481 e. The molecule has 2 aromatic heterocycles. The lowest BCUT2D eigenvalue weighted by molar-refractivity contribution is 0.0697. The maximum absolute atomic E-state index is 11.1. The van der Waals surface area contributed by atoms with E-state index in [2.05, 4.69) is 15.0 Å². The Balaban J connectivity index is 2.44. The van der Waals surface area contributed by atoms with E-state index >= 15 is 0 Å². The van der Waals surface area contributed by atoms with Crippen molar-refractivity contribution in [1.82, 2.24) is 15.0 Å². The van der Waals surface area contributed by atoms with E-state index in [4.69, 9.17) is 14.6 Å². The molecule has 0 fully saturated rings. The number of ether oxygens (including phenoxy) is 2. The van der Waals surface area contributed by atoms with Gasteiger partial charge in [0.15, 0.2) is 0 Å². The fourth-order valence-electron chi connectivity index (χ4n) is 1.43. The number of carboxylic acid groups (broad SMARTS) is 1. The highest BCUT2D eigenvalue weighted by atomic mass is 32.1. The third-order valence-corrected chi connectivity index (χ3v) is 3.35. The molecule has 0 amide bonds. The Morgan fingerprint density at radius 3 is 2.84 bits per heavy atom. The Kier molecular flexibility index (Phi) is 4.03. The second kappa shape index (κ2) is 5.72. The summed E-state index contributed by atoms with van der Waals surface area (Å²) in [6, 6.07) is 1.60.